The van der Waals surface area contributed by atoms with Crippen molar-refractivity contribution in [1.29, 1.82) is 0 Å². The number of nitrogens with one attached hydrogen (secondary N) is 1. The Morgan fingerprint density at radius 2 is 1.80 bits per heavy atom. The van der Waals surface area contributed by atoms with E-state index in [0.29, 0.717) is 11.3 Å². The summed E-state index contributed by atoms with van der Waals surface area (Å²) in [5, 5.41) is 4.65. The summed E-state index contributed by atoms with van der Waals surface area (Å²) in [6.45, 7) is 1.57. The maximum absolute atomic E-state index is 13.2. The van der Waals surface area contributed by atoms with Crippen LogP contribution >= 0.6 is 0 Å². The number of furan rings is 1. The number of rotatable bonds is 5. The maximum Gasteiger partial charge on any atom is 0.373 e. The summed E-state index contributed by atoms with van der Waals surface area (Å²) >= 11 is 0. The maximum atomic E-state index is 13.2. The highest BCUT2D eigenvalue weighted by atomic mass is 16.5. The number of hydrogen-bond donors (Lipinski definition) is 1. The first-order valence-electron chi connectivity index (χ1n) is 9.25. The standard InChI is InChI=1S/C22H20N2O6/c1-22(15-6-4-14-11-16(28-2)7-5-13(14)10-15)20(26)24(21(27)23-22)12-17-8-9-18(30-17)19(25)29-3/h4-11H,12H2,1-3H3,(H,23,27)/t22-/m0/s1. The van der Waals surface area contributed by atoms with Crippen LogP contribution < -0.4 is 10.1 Å². The largest absolute Gasteiger partial charge is 0.497 e. The van der Waals surface area contributed by atoms with Crippen molar-refractivity contribution in [2.24, 2.45) is 0 Å². The lowest BCUT2D eigenvalue weighted by molar-refractivity contribution is -0.131. The van der Waals surface area contributed by atoms with E-state index in [1.807, 2.05) is 36.4 Å². The van der Waals surface area contributed by atoms with E-state index in [2.05, 4.69) is 10.1 Å². The molecule has 0 radical (unpaired) electrons. The summed E-state index contributed by atoms with van der Waals surface area (Å²) in [7, 11) is 2.85. The van der Waals surface area contributed by atoms with Gasteiger partial charge in [-0.25, -0.2) is 9.59 Å². The number of amides is 3. The molecule has 0 unspecified atom stereocenters. The van der Waals surface area contributed by atoms with Crippen molar-refractivity contribution in [2.75, 3.05) is 14.2 Å². The molecule has 3 amide bonds. The molecule has 1 aliphatic heterocycles. The number of esters is 1. The summed E-state index contributed by atoms with van der Waals surface area (Å²) in [4.78, 5) is 38.3. The molecule has 1 aromatic heterocycles. The molecule has 0 bridgehead atoms. The normalized spacial score (nSPS) is 18.6. The number of nitrogens with zero attached hydrogens (tertiary/aromatic N) is 1. The van der Waals surface area contributed by atoms with E-state index in [-0.39, 0.29) is 12.3 Å². The van der Waals surface area contributed by atoms with E-state index in [9.17, 15) is 14.4 Å². The Labute approximate surface area is 172 Å². The van der Waals surface area contributed by atoms with Crippen LogP contribution in [0.25, 0.3) is 10.8 Å². The van der Waals surface area contributed by atoms with Crippen LogP contribution in [0.1, 0.15) is 28.8 Å². The number of benzene rings is 2. The zero-order chi connectivity index (χ0) is 21.5. The molecule has 1 saturated heterocycles. The van der Waals surface area contributed by atoms with E-state index < -0.39 is 23.4 Å². The molecule has 2 aromatic carbocycles. The van der Waals surface area contributed by atoms with Crippen LogP contribution in [0.4, 0.5) is 4.79 Å². The number of methoxy groups -OCH3 is 2. The SMILES string of the molecule is COC(=O)c1ccc(CN2C(=O)N[C@@](C)(c3ccc4cc(OC)ccc4c3)C2=O)o1. The Hall–Kier alpha value is -3.81. The van der Waals surface area contributed by atoms with E-state index in [1.165, 1.54) is 19.2 Å². The van der Waals surface area contributed by atoms with Crippen molar-refractivity contribution >= 4 is 28.7 Å². The Bertz CT molecular complexity index is 1170. The highest BCUT2D eigenvalue weighted by Gasteiger charge is 2.49. The van der Waals surface area contributed by atoms with E-state index in [1.54, 1.807) is 14.0 Å². The predicted octanol–water partition coefficient (Wildman–Crippen LogP) is 3.20. The molecule has 3 aromatic rings. The molecule has 0 spiro atoms. The average Bonchev–Trinajstić information content (AvgIpc) is 3.31. The smallest absolute Gasteiger partial charge is 0.373 e. The van der Waals surface area contributed by atoms with Gasteiger partial charge in [0.05, 0.1) is 20.8 Å². The molecular formula is C22H20N2O6. The van der Waals surface area contributed by atoms with Gasteiger partial charge >= 0.3 is 12.0 Å². The molecule has 1 aliphatic rings. The molecule has 0 saturated carbocycles. The van der Waals surface area contributed by atoms with Crippen molar-refractivity contribution < 1.29 is 28.3 Å². The van der Waals surface area contributed by atoms with Gasteiger partial charge in [-0.2, -0.15) is 0 Å². The summed E-state index contributed by atoms with van der Waals surface area (Å²) in [6, 6.07) is 13.7. The van der Waals surface area contributed by atoms with Gasteiger partial charge in [-0.15, -0.1) is 0 Å². The van der Waals surface area contributed by atoms with Gasteiger partial charge in [-0.05, 0) is 53.6 Å². The molecule has 154 valence electrons. The van der Waals surface area contributed by atoms with Crippen molar-refractivity contribution in [3.05, 3.63) is 65.6 Å². The number of urea groups is 1. The van der Waals surface area contributed by atoms with Gasteiger partial charge in [-0.1, -0.05) is 18.2 Å². The number of carbonyl (C=O) groups excluding carboxylic acids is 3. The fraction of sp³-hybridized carbons (Fsp3) is 0.227. The lowest BCUT2D eigenvalue weighted by Crippen LogP contribution is -2.40. The van der Waals surface area contributed by atoms with Crippen LogP contribution in [-0.2, 0) is 21.6 Å². The van der Waals surface area contributed by atoms with Gasteiger partial charge in [-0.3, -0.25) is 9.69 Å². The first kappa shape index (κ1) is 19.5. The van der Waals surface area contributed by atoms with E-state index in [4.69, 9.17) is 9.15 Å². The quantitative estimate of drug-likeness (QED) is 0.514. The third-order valence-corrected chi connectivity index (χ3v) is 5.26. The first-order valence-corrected chi connectivity index (χ1v) is 9.25. The second kappa shape index (κ2) is 7.22. The van der Waals surface area contributed by atoms with E-state index in [0.717, 1.165) is 21.4 Å². The molecule has 4 rings (SSSR count). The molecule has 8 nitrogen and oxygen atoms in total. The molecule has 1 N–H and O–H groups in total. The summed E-state index contributed by atoms with van der Waals surface area (Å²) < 4.78 is 15.2. The van der Waals surface area contributed by atoms with Crippen LogP contribution in [0, 0.1) is 0 Å². The molecule has 0 aliphatic carbocycles. The molecule has 30 heavy (non-hydrogen) atoms. The lowest BCUT2D eigenvalue weighted by Gasteiger charge is -2.22. The zero-order valence-corrected chi connectivity index (χ0v) is 16.7. The molecule has 8 heteroatoms. The minimum atomic E-state index is -1.22. The van der Waals surface area contributed by atoms with Gasteiger partial charge in [0.2, 0.25) is 5.76 Å². The third kappa shape index (κ3) is 3.16. The minimum Gasteiger partial charge on any atom is -0.497 e. The first-order chi connectivity index (χ1) is 14.4. The topological polar surface area (TPSA) is 98.1 Å². The molecule has 1 atom stereocenters. The van der Waals surface area contributed by atoms with Crippen molar-refractivity contribution in [2.45, 2.75) is 19.0 Å². The second-order valence-corrected chi connectivity index (χ2v) is 7.13. The van der Waals surface area contributed by atoms with Crippen molar-refractivity contribution in [3.63, 3.8) is 0 Å². The van der Waals surface area contributed by atoms with Crippen molar-refractivity contribution in [3.8, 4) is 5.75 Å². The molecule has 1 fully saturated rings. The van der Waals surface area contributed by atoms with Gasteiger partial charge < -0.3 is 19.2 Å². The highest BCUT2D eigenvalue weighted by molar-refractivity contribution is 6.07. The average molecular weight is 408 g/mol. The monoisotopic (exact) mass is 408 g/mol. The van der Waals surface area contributed by atoms with E-state index >= 15 is 0 Å². The Morgan fingerprint density at radius 3 is 2.53 bits per heavy atom. The number of fused-ring (bicyclic) bond motifs is 1. The van der Waals surface area contributed by atoms with Crippen LogP contribution in [0.5, 0.6) is 5.75 Å². The van der Waals surface area contributed by atoms with Gasteiger partial charge in [0, 0.05) is 0 Å². The highest BCUT2D eigenvalue weighted by Crippen LogP contribution is 2.32. The Morgan fingerprint density at radius 1 is 1.07 bits per heavy atom. The van der Waals surface area contributed by atoms with Crippen LogP contribution in [0.15, 0.2) is 52.9 Å². The summed E-state index contributed by atoms with van der Waals surface area (Å²) in [5.41, 5.74) is -0.557. The summed E-state index contributed by atoms with van der Waals surface area (Å²) in [6.07, 6.45) is 0. The van der Waals surface area contributed by atoms with Gasteiger partial charge in [0.1, 0.15) is 17.0 Å². The molecular weight excluding hydrogens is 388 g/mol. The fourth-order valence-corrected chi connectivity index (χ4v) is 3.53. The fourth-order valence-electron chi connectivity index (χ4n) is 3.53. The van der Waals surface area contributed by atoms with Gasteiger partial charge in [0.15, 0.2) is 0 Å². The number of imide groups is 1. The lowest BCUT2D eigenvalue weighted by atomic mass is 9.90. The van der Waals surface area contributed by atoms with Crippen molar-refractivity contribution in [1.82, 2.24) is 10.2 Å². The molecule has 2 heterocycles. The Balaban J connectivity index is 1.61. The minimum absolute atomic E-state index is 0.00673. The number of hydrogen-bond acceptors (Lipinski definition) is 6. The third-order valence-electron chi connectivity index (χ3n) is 5.26. The number of carbonyl (C=O) groups is 3. The van der Waals surface area contributed by atoms with Gasteiger partial charge in [0.25, 0.3) is 5.91 Å². The summed E-state index contributed by atoms with van der Waals surface area (Å²) in [5.74, 6) is 0.0103. The second-order valence-electron chi connectivity index (χ2n) is 7.13. The van der Waals surface area contributed by atoms with Crippen LogP contribution in [0.3, 0.4) is 0 Å². The Kier molecular flexibility index (Phi) is 4.69. The van der Waals surface area contributed by atoms with Crippen LogP contribution in [0.2, 0.25) is 0 Å². The predicted molar refractivity (Wildman–Crippen MR) is 107 cm³/mol. The van der Waals surface area contributed by atoms with Crippen LogP contribution in [-0.4, -0.2) is 37.0 Å². The zero-order valence-electron chi connectivity index (χ0n) is 16.7. The number of ether oxygens (including phenoxy) is 2.